The fraction of sp³-hybridized carbons (Fsp3) is 0.524. The first-order valence-corrected chi connectivity index (χ1v) is 11.3. The quantitative estimate of drug-likeness (QED) is 0.501. The van der Waals surface area contributed by atoms with Crippen molar-refractivity contribution in [3.8, 4) is 0 Å². The summed E-state index contributed by atoms with van der Waals surface area (Å²) in [6, 6.07) is 17.0. The molecule has 0 spiro atoms. The summed E-state index contributed by atoms with van der Waals surface area (Å²) in [6.07, 6.45) is 1.24. The van der Waals surface area contributed by atoms with Crippen LogP contribution in [0.1, 0.15) is 47.1 Å². The van der Waals surface area contributed by atoms with E-state index in [1.54, 1.807) is 0 Å². The van der Waals surface area contributed by atoms with Crippen molar-refractivity contribution in [2.45, 2.75) is 70.6 Å². The molecule has 0 N–H and O–H groups in total. The zero-order chi connectivity index (χ0) is 16.3. The molecule has 1 heteroatoms. The number of hydrogen-bond donors (Lipinski definition) is 0. The van der Waals surface area contributed by atoms with Gasteiger partial charge in [0.15, 0.2) is 0 Å². The lowest BCUT2D eigenvalue weighted by atomic mass is 10.0. The first-order valence-electron chi connectivity index (χ1n) is 8.86. The first-order chi connectivity index (χ1) is 10.4. The van der Waals surface area contributed by atoms with Gasteiger partial charge in [-0.3, -0.25) is 0 Å². The lowest BCUT2D eigenvalue weighted by Crippen LogP contribution is -2.44. The molecule has 22 heavy (non-hydrogen) atoms. The fourth-order valence-corrected chi connectivity index (χ4v) is 11.2. The van der Waals surface area contributed by atoms with E-state index in [9.17, 15) is 0 Å². The van der Waals surface area contributed by atoms with Gasteiger partial charge in [0.25, 0.3) is 0 Å². The van der Waals surface area contributed by atoms with Crippen LogP contribution < -0.4 is 0 Å². The van der Waals surface area contributed by atoms with Crippen LogP contribution in [0.25, 0.3) is 10.8 Å². The molecule has 0 nitrogen and oxygen atoms in total. The fourth-order valence-electron chi connectivity index (χ4n) is 4.73. The smallest absolute Gasteiger partial charge is 0.0616 e. The molecule has 2 rings (SSSR count). The van der Waals surface area contributed by atoms with E-state index in [2.05, 4.69) is 84.0 Å². The Morgan fingerprint density at radius 1 is 0.727 bits per heavy atom. The summed E-state index contributed by atoms with van der Waals surface area (Å²) in [6.45, 7) is 14.8. The highest BCUT2D eigenvalue weighted by molar-refractivity contribution is 6.83. The third-order valence-corrected chi connectivity index (χ3v) is 13.5. The van der Waals surface area contributed by atoms with Crippen molar-refractivity contribution >= 4 is 18.8 Å². The second kappa shape index (κ2) is 7.00. The highest BCUT2D eigenvalue weighted by Crippen LogP contribution is 2.45. The highest BCUT2D eigenvalue weighted by Gasteiger charge is 2.41. The van der Waals surface area contributed by atoms with E-state index in [4.69, 9.17) is 0 Å². The van der Waals surface area contributed by atoms with Crippen LogP contribution in [0, 0.1) is 0 Å². The molecule has 0 atom stereocenters. The van der Waals surface area contributed by atoms with Crippen molar-refractivity contribution in [2.24, 2.45) is 0 Å². The number of hydrogen-bond acceptors (Lipinski definition) is 0. The monoisotopic (exact) mass is 312 g/mol. The minimum Gasteiger partial charge on any atom is -0.0651 e. The molecule has 0 saturated carbocycles. The lowest BCUT2D eigenvalue weighted by molar-refractivity contribution is 0.789. The largest absolute Gasteiger partial charge is 0.0651 e. The van der Waals surface area contributed by atoms with Crippen molar-refractivity contribution in [1.82, 2.24) is 0 Å². The summed E-state index contributed by atoms with van der Waals surface area (Å²) in [7, 11) is -1.30. The van der Waals surface area contributed by atoms with E-state index in [0.717, 1.165) is 16.6 Å². The summed E-state index contributed by atoms with van der Waals surface area (Å²) in [5.74, 6) is 0. The Kier molecular flexibility index (Phi) is 5.49. The van der Waals surface area contributed by atoms with Crippen molar-refractivity contribution in [1.29, 1.82) is 0 Å². The Morgan fingerprint density at radius 3 is 1.86 bits per heavy atom. The van der Waals surface area contributed by atoms with Crippen LogP contribution in [-0.2, 0) is 6.42 Å². The van der Waals surface area contributed by atoms with Gasteiger partial charge < -0.3 is 0 Å². The zero-order valence-electron chi connectivity index (χ0n) is 15.2. The van der Waals surface area contributed by atoms with Crippen LogP contribution in [-0.4, -0.2) is 8.07 Å². The van der Waals surface area contributed by atoms with Crippen molar-refractivity contribution in [2.75, 3.05) is 0 Å². The maximum Gasteiger partial charge on any atom is 0.0616 e. The summed E-state index contributed by atoms with van der Waals surface area (Å²) in [5.41, 5.74) is 4.09. The van der Waals surface area contributed by atoms with Crippen molar-refractivity contribution in [3.05, 3.63) is 48.0 Å². The van der Waals surface area contributed by atoms with Gasteiger partial charge in [0.1, 0.15) is 0 Å². The van der Waals surface area contributed by atoms with Gasteiger partial charge in [0, 0.05) is 0 Å². The second-order valence-corrected chi connectivity index (χ2v) is 13.9. The molecule has 0 aromatic heterocycles. The Morgan fingerprint density at radius 2 is 1.27 bits per heavy atom. The van der Waals surface area contributed by atoms with E-state index in [1.165, 1.54) is 28.8 Å². The first kappa shape index (κ1) is 17.3. The van der Waals surface area contributed by atoms with Gasteiger partial charge in [-0.15, -0.1) is 0 Å². The van der Waals surface area contributed by atoms with Crippen LogP contribution in [0.15, 0.2) is 42.5 Å². The van der Waals surface area contributed by atoms with Crippen molar-refractivity contribution < 1.29 is 0 Å². The van der Waals surface area contributed by atoms with Gasteiger partial charge in [0.05, 0.1) is 8.07 Å². The number of rotatable bonds is 6. The van der Waals surface area contributed by atoms with Gasteiger partial charge >= 0.3 is 0 Å². The SMILES string of the molecule is CC(C)[Si](CCc1cccc2ccccc12)(C(C)C)C(C)C. The van der Waals surface area contributed by atoms with Crippen LogP contribution in [0.3, 0.4) is 0 Å². The third kappa shape index (κ3) is 3.15. The molecule has 0 aliphatic heterocycles. The Balaban J connectivity index is 2.32. The summed E-state index contributed by atoms with van der Waals surface area (Å²) in [4.78, 5) is 0. The van der Waals surface area contributed by atoms with Crippen LogP contribution in [0.4, 0.5) is 0 Å². The molecule has 120 valence electrons. The molecule has 0 aliphatic rings. The van der Waals surface area contributed by atoms with E-state index < -0.39 is 8.07 Å². The standard InChI is InChI=1S/C21H32Si/c1-16(2)22(17(3)4,18(5)6)15-14-20-12-9-11-19-10-7-8-13-21(19)20/h7-13,16-18H,14-15H2,1-6H3. The zero-order valence-corrected chi connectivity index (χ0v) is 16.2. The predicted octanol–water partition coefficient (Wildman–Crippen LogP) is 7.06. The minimum atomic E-state index is -1.30. The predicted molar refractivity (Wildman–Crippen MR) is 104 cm³/mol. The molecule has 0 aliphatic carbocycles. The van der Waals surface area contributed by atoms with E-state index >= 15 is 0 Å². The molecule has 2 aromatic carbocycles. The van der Waals surface area contributed by atoms with Gasteiger partial charge in [0.2, 0.25) is 0 Å². The second-order valence-electron chi connectivity index (χ2n) is 7.71. The topological polar surface area (TPSA) is 0 Å². The molecule has 0 heterocycles. The minimum absolute atomic E-state index is 0.850. The van der Waals surface area contributed by atoms with Gasteiger partial charge in [-0.1, -0.05) is 107 Å². The summed E-state index contributed by atoms with van der Waals surface area (Å²) >= 11 is 0. The van der Waals surface area contributed by atoms with E-state index in [0.29, 0.717) is 0 Å². The third-order valence-electron chi connectivity index (χ3n) is 5.93. The van der Waals surface area contributed by atoms with Gasteiger partial charge in [-0.05, 0) is 22.8 Å². The number of benzene rings is 2. The lowest BCUT2D eigenvalue weighted by Gasteiger charge is -2.43. The molecule has 2 aromatic rings. The highest BCUT2D eigenvalue weighted by atomic mass is 28.3. The maximum absolute atomic E-state index is 2.47. The molecule has 0 bridgehead atoms. The molecule has 0 fully saturated rings. The van der Waals surface area contributed by atoms with Crippen molar-refractivity contribution in [3.63, 3.8) is 0 Å². The van der Waals surface area contributed by atoms with Gasteiger partial charge in [-0.2, -0.15) is 0 Å². The van der Waals surface area contributed by atoms with E-state index in [-0.39, 0.29) is 0 Å². The molecule has 0 amide bonds. The van der Waals surface area contributed by atoms with Gasteiger partial charge in [-0.25, -0.2) is 0 Å². The van der Waals surface area contributed by atoms with E-state index in [1.807, 2.05) is 0 Å². The number of fused-ring (bicyclic) bond motifs is 1. The Bertz CT molecular complexity index is 583. The summed E-state index contributed by atoms with van der Waals surface area (Å²) in [5, 5.41) is 2.83. The Labute approximate surface area is 138 Å². The van der Waals surface area contributed by atoms with Crippen LogP contribution in [0.2, 0.25) is 22.7 Å². The normalized spacial score (nSPS) is 12.8. The average molecular weight is 313 g/mol. The Hall–Kier alpha value is -1.08. The molecule has 0 radical (unpaired) electrons. The maximum atomic E-state index is 2.47. The van der Waals surface area contributed by atoms with Crippen LogP contribution >= 0.6 is 0 Å². The molecular formula is C21H32Si. The number of aryl methyl sites for hydroxylation is 1. The van der Waals surface area contributed by atoms with Crippen LogP contribution in [0.5, 0.6) is 0 Å². The molecular weight excluding hydrogens is 280 g/mol. The molecule has 0 saturated heterocycles. The summed E-state index contributed by atoms with van der Waals surface area (Å²) < 4.78 is 0. The average Bonchev–Trinajstić information content (AvgIpc) is 2.47. The molecule has 0 unspecified atom stereocenters.